The van der Waals surface area contributed by atoms with Gasteiger partial charge >= 0.3 is 0 Å². The molecule has 0 spiro atoms. The van der Waals surface area contributed by atoms with Crippen LogP contribution >= 0.6 is 0 Å². The van der Waals surface area contributed by atoms with Gasteiger partial charge in [0, 0.05) is 13.7 Å². The Balaban J connectivity index is 2.20. The highest BCUT2D eigenvalue weighted by molar-refractivity contribution is 7.91. The average molecular weight is 278 g/mol. The molecule has 2 N–H and O–H groups in total. The molecule has 0 aromatic heterocycles. The summed E-state index contributed by atoms with van der Waals surface area (Å²) in [5, 5.41) is 5.80. The number of carbonyl (C=O) groups excluding carboxylic acids is 1. The third-order valence-electron chi connectivity index (χ3n) is 3.04. The Morgan fingerprint density at radius 1 is 1.50 bits per heavy atom. The molecule has 7 heteroatoms. The van der Waals surface area contributed by atoms with Gasteiger partial charge in [0.25, 0.3) is 0 Å². The third kappa shape index (κ3) is 5.32. The van der Waals surface area contributed by atoms with Gasteiger partial charge in [-0.3, -0.25) is 4.79 Å². The fraction of sp³-hybridized carbons (Fsp3) is 0.909. The first-order chi connectivity index (χ1) is 8.44. The van der Waals surface area contributed by atoms with Gasteiger partial charge in [0.05, 0.1) is 24.2 Å². The number of hydrogen-bond donors (Lipinski definition) is 2. The smallest absolute Gasteiger partial charge is 0.236 e. The fourth-order valence-corrected chi connectivity index (χ4v) is 3.76. The number of nitrogens with one attached hydrogen (secondary N) is 2. The summed E-state index contributed by atoms with van der Waals surface area (Å²) in [5.41, 5.74) is 0. The molecule has 0 aliphatic carbocycles. The summed E-state index contributed by atoms with van der Waals surface area (Å²) in [6.45, 7) is 3.31. The minimum Gasteiger partial charge on any atom is -0.383 e. The molecule has 0 bridgehead atoms. The van der Waals surface area contributed by atoms with Crippen LogP contribution < -0.4 is 10.6 Å². The lowest BCUT2D eigenvalue weighted by Gasteiger charge is -2.16. The molecule has 0 saturated carbocycles. The fourth-order valence-electron chi connectivity index (χ4n) is 1.90. The van der Waals surface area contributed by atoms with Crippen molar-refractivity contribution in [3.8, 4) is 0 Å². The number of ether oxygens (including phenoxy) is 1. The molecule has 1 heterocycles. The second-order valence-corrected chi connectivity index (χ2v) is 6.91. The Hall–Kier alpha value is -0.660. The van der Waals surface area contributed by atoms with Crippen LogP contribution in [0.1, 0.15) is 13.3 Å². The topological polar surface area (TPSA) is 84.5 Å². The van der Waals surface area contributed by atoms with Crippen LogP contribution in [0.3, 0.4) is 0 Å². The number of carbonyl (C=O) groups is 1. The van der Waals surface area contributed by atoms with Gasteiger partial charge in [0.15, 0.2) is 9.84 Å². The first-order valence-corrected chi connectivity index (χ1v) is 7.97. The van der Waals surface area contributed by atoms with Crippen molar-refractivity contribution in [1.29, 1.82) is 0 Å². The van der Waals surface area contributed by atoms with E-state index in [1.54, 1.807) is 14.0 Å². The monoisotopic (exact) mass is 278 g/mol. The number of methoxy groups -OCH3 is 1. The highest BCUT2D eigenvalue weighted by Crippen LogP contribution is 2.17. The average Bonchev–Trinajstić information content (AvgIpc) is 2.66. The number of hydrogen-bond acceptors (Lipinski definition) is 5. The number of rotatable bonds is 7. The van der Waals surface area contributed by atoms with Crippen LogP contribution in [0.4, 0.5) is 0 Å². The van der Waals surface area contributed by atoms with E-state index in [-0.39, 0.29) is 29.4 Å². The summed E-state index contributed by atoms with van der Waals surface area (Å²) in [7, 11) is -1.26. The van der Waals surface area contributed by atoms with Crippen LogP contribution in [0, 0.1) is 5.92 Å². The molecule has 0 aromatic carbocycles. The van der Waals surface area contributed by atoms with Crippen molar-refractivity contribution in [1.82, 2.24) is 10.6 Å². The largest absolute Gasteiger partial charge is 0.383 e. The zero-order valence-corrected chi connectivity index (χ0v) is 11.8. The maximum atomic E-state index is 11.6. The maximum Gasteiger partial charge on any atom is 0.236 e. The molecule has 18 heavy (non-hydrogen) atoms. The summed E-state index contributed by atoms with van der Waals surface area (Å²) < 4.78 is 27.4. The molecule has 0 aromatic rings. The lowest BCUT2D eigenvalue weighted by Crippen LogP contribution is -2.44. The van der Waals surface area contributed by atoms with Crippen LogP contribution in [-0.4, -0.2) is 58.7 Å². The van der Waals surface area contributed by atoms with Gasteiger partial charge in [-0.05, 0) is 25.8 Å². The van der Waals surface area contributed by atoms with Crippen LogP contribution in [0.25, 0.3) is 0 Å². The van der Waals surface area contributed by atoms with E-state index in [0.717, 1.165) is 0 Å². The Bertz CT molecular complexity index is 369. The Morgan fingerprint density at radius 2 is 2.22 bits per heavy atom. The summed E-state index contributed by atoms with van der Waals surface area (Å²) in [6.07, 6.45) is 0.688. The van der Waals surface area contributed by atoms with E-state index in [4.69, 9.17) is 4.74 Å². The molecule has 0 radical (unpaired) electrons. The molecule has 1 rings (SSSR count). The van der Waals surface area contributed by atoms with Gasteiger partial charge < -0.3 is 15.4 Å². The summed E-state index contributed by atoms with van der Waals surface area (Å²) in [4.78, 5) is 11.6. The van der Waals surface area contributed by atoms with Gasteiger partial charge in [-0.25, -0.2) is 8.42 Å². The van der Waals surface area contributed by atoms with Crippen molar-refractivity contribution in [2.75, 3.05) is 38.3 Å². The van der Waals surface area contributed by atoms with E-state index in [2.05, 4.69) is 10.6 Å². The van der Waals surface area contributed by atoms with Crippen LogP contribution in [0.5, 0.6) is 0 Å². The van der Waals surface area contributed by atoms with E-state index in [1.165, 1.54) is 0 Å². The maximum absolute atomic E-state index is 11.6. The molecule has 2 atom stereocenters. The highest BCUT2D eigenvalue weighted by Gasteiger charge is 2.28. The molecule has 1 aliphatic rings. The predicted molar refractivity (Wildman–Crippen MR) is 69.1 cm³/mol. The second kappa shape index (κ2) is 7.06. The summed E-state index contributed by atoms with van der Waals surface area (Å²) >= 11 is 0. The van der Waals surface area contributed by atoms with E-state index in [1.807, 2.05) is 0 Å². The minimum absolute atomic E-state index is 0.0899. The number of sulfone groups is 1. The predicted octanol–water partition coefficient (Wildman–Crippen LogP) is -0.838. The van der Waals surface area contributed by atoms with Crippen molar-refractivity contribution >= 4 is 15.7 Å². The Morgan fingerprint density at radius 3 is 2.78 bits per heavy atom. The molecule has 6 nitrogen and oxygen atoms in total. The standard InChI is InChI=1S/C11H22N2O4S/c1-9(11(14)12-4-5-17-2)13-7-10-3-6-18(15,16)8-10/h9-10,13H,3-8H2,1-2H3,(H,12,14). The first kappa shape index (κ1) is 15.4. The molecular weight excluding hydrogens is 256 g/mol. The highest BCUT2D eigenvalue weighted by atomic mass is 32.2. The summed E-state index contributed by atoms with van der Waals surface area (Å²) in [5.74, 6) is 0.545. The van der Waals surface area contributed by atoms with Gasteiger partial charge in [-0.1, -0.05) is 0 Å². The van der Waals surface area contributed by atoms with Crippen LogP contribution in [0.15, 0.2) is 0 Å². The van der Waals surface area contributed by atoms with Crippen LogP contribution in [-0.2, 0) is 19.4 Å². The van der Waals surface area contributed by atoms with Crippen molar-refractivity contribution in [3.05, 3.63) is 0 Å². The minimum atomic E-state index is -2.84. The first-order valence-electron chi connectivity index (χ1n) is 6.15. The normalized spacial score (nSPS) is 23.8. The quantitative estimate of drug-likeness (QED) is 0.593. The number of amides is 1. The van der Waals surface area contributed by atoms with Gasteiger partial charge in [0.1, 0.15) is 0 Å². The summed E-state index contributed by atoms with van der Waals surface area (Å²) in [6, 6.07) is -0.315. The van der Waals surface area contributed by atoms with Crippen molar-refractivity contribution in [2.24, 2.45) is 5.92 Å². The zero-order valence-electron chi connectivity index (χ0n) is 10.9. The van der Waals surface area contributed by atoms with Crippen molar-refractivity contribution < 1.29 is 17.9 Å². The molecular formula is C11H22N2O4S. The lowest BCUT2D eigenvalue weighted by atomic mass is 10.1. The molecule has 1 saturated heterocycles. The van der Waals surface area contributed by atoms with Gasteiger partial charge in [-0.2, -0.15) is 0 Å². The molecule has 1 amide bonds. The van der Waals surface area contributed by atoms with Gasteiger partial charge in [0.2, 0.25) is 5.91 Å². The van der Waals surface area contributed by atoms with Crippen molar-refractivity contribution in [2.45, 2.75) is 19.4 Å². The van der Waals surface area contributed by atoms with Crippen LogP contribution in [0.2, 0.25) is 0 Å². The second-order valence-electron chi connectivity index (χ2n) is 4.68. The molecule has 1 fully saturated rings. The third-order valence-corrected chi connectivity index (χ3v) is 4.88. The van der Waals surface area contributed by atoms with E-state index in [0.29, 0.717) is 26.1 Å². The zero-order chi connectivity index (χ0) is 13.6. The SMILES string of the molecule is COCCNC(=O)C(C)NCC1CCS(=O)(=O)C1. The van der Waals surface area contributed by atoms with E-state index >= 15 is 0 Å². The lowest BCUT2D eigenvalue weighted by molar-refractivity contribution is -0.122. The van der Waals surface area contributed by atoms with E-state index < -0.39 is 9.84 Å². The molecule has 106 valence electrons. The molecule has 1 aliphatic heterocycles. The molecule has 2 unspecified atom stereocenters. The van der Waals surface area contributed by atoms with Gasteiger partial charge in [-0.15, -0.1) is 0 Å². The Labute approximate surface area is 108 Å². The Kier molecular flexibility index (Phi) is 6.04. The van der Waals surface area contributed by atoms with Crippen molar-refractivity contribution in [3.63, 3.8) is 0 Å². The van der Waals surface area contributed by atoms with E-state index in [9.17, 15) is 13.2 Å².